The maximum absolute atomic E-state index is 11.5. The molecular weight excluding hydrogens is 310 g/mol. The van der Waals surface area contributed by atoms with E-state index in [4.69, 9.17) is 4.74 Å². The number of unbranched alkanes of at least 4 members (excludes halogenated alkanes) is 1. The van der Waals surface area contributed by atoms with Crippen molar-refractivity contribution in [1.82, 2.24) is 4.90 Å². The first kappa shape index (κ1) is 19.2. The maximum atomic E-state index is 11.5. The number of hydrogen-bond acceptors (Lipinski definition) is 3. The molecule has 0 heterocycles. The SMILES string of the molecule is CCN(CC)CCCCOc1c(C=O)cccc1-c1ccccc1C. The fourth-order valence-corrected chi connectivity index (χ4v) is 3.05. The standard InChI is InChI=1S/C22H29NO2/c1-4-23(5-2)15-8-9-16-25-22-19(17-24)12-10-14-21(22)20-13-7-6-11-18(20)3/h6-7,10-14,17H,4-5,8-9,15-16H2,1-3H3. The van der Waals surface area contributed by atoms with Crippen molar-refractivity contribution in [1.29, 1.82) is 0 Å². The molecule has 0 saturated carbocycles. The molecule has 0 aliphatic rings. The summed E-state index contributed by atoms with van der Waals surface area (Å²) in [5, 5.41) is 0. The number of carbonyl (C=O) groups excluding carboxylic acids is 1. The minimum Gasteiger partial charge on any atom is -0.492 e. The Labute approximate surface area is 151 Å². The minimum atomic E-state index is 0.615. The smallest absolute Gasteiger partial charge is 0.153 e. The van der Waals surface area contributed by atoms with Crippen LogP contribution in [-0.4, -0.2) is 37.4 Å². The molecule has 2 aromatic carbocycles. The van der Waals surface area contributed by atoms with Gasteiger partial charge in [-0.1, -0.05) is 50.2 Å². The summed E-state index contributed by atoms with van der Waals surface area (Å²) in [5.41, 5.74) is 3.90. The Bertz CT molecular complexity index is 677. The quantitative estimate of drug-likeness (QED) is 0.452. The van der Waals surface area contributed by atoms with E-state index < -0.39 is 0 Å². The fraction of sp³-hybridized carbons (Fsp3) is 0.409. The van der Waals surface area contributed by atoms with E-state index >= 15 is 0 Å². The van der Waals surface area contributed by atoms with Gasteiger partial charge in [-0.2, -0.15) is 0 Å². The molecule has 0 bridgehead atoms. The summed E-state index contributed by atoms with van der Waals surface area (Å²) < 4.78 is 6.07. The fourth-order valence-electron chi connectivity index (χ4n) is 3.05. The largest absolute Gasteiger partial charge is 0.492 e. The van der Waals surface area contributed by atoms with E-state index in [1.807, 2.05) is 30.3 Å². The predicted molar refractivity (Wildman–Crippen MR) is 105 cm³/mol. The van der Waals surface area contributed by atoms with E-state index in [9.17, 15) is 4.79 Å². The molecule has 0 spiro atoms. The normalized spacial score (nSPS) is 10.9. The van der Waals surface area contributed by atoms with Gasteiger partial charge >= 0.3 is 0 Å². The Hall–Kier alpha value is -2.13. The van der Waals surface area contributed by atoms with Crippen molar-refractivity contribution in [3.05, 3.63) is 53.6 Å². The Morgan fingerprint density at radius 1 is 0.960 bits per heavy atom. The summed E-state index contributed by atoms with van der Waals surface area (Å²) in [4.78, 5) is 13.9. The van der Waals surface area contributed by atoms with E-state index in [1.54, 1.807) is 0 Å². The average Bonchev–Trinajstić information content (AvgIpc) is 2.65. The third-order valence-corrected chi connectivity index (χ3v) is 4.62. The number of aryl methyl sites for hydroxylation is 1. The molecule has 0 unspecified atom stereocenters. The molecule has 3 heteroatoms. The summed E-state index contributed by atoms with van der Waals surface area (Å²) in [6.45, 7) is 10.4. The van der Waals surface area contributed by atoms with Gasteiger partial charge in [0.15, 0.2) is 6.29 Å². The van der Waals surface area contributed by atoms with Gasteiger partial charge in [0.25, 0.3) is 0 Å². The van der Waals surface area contributed by atoms with E-state index in [1.165, 1.54) is 5.56 Å². The van der Waals surface area contributed by atoms with E-state index in [0.717, 1.165) is 49.9 Å². The number of ether oxygens (including phenoxy) is 1. The number of nitrogens with zero attached hydrogens (tertiary/aromatic N) is 1. The molecule has 0 atom stereocenters. The first-order valence-electron chi connectivity index (χ1n) is 9.20. The molecule has 0 N–H and O–H groups in total. The first-order valence-corrected chi connectivity index (χ1v) is 9.20. The second-order valence-electron chi connectivity index (χ2n) is 6.24. The molecule has 2 rings (SSSR count). The Morgan fingerprint density at radius 2 is 1.68 bits per heavy atom. The van der Waals surface area contributed by atoms with Gasteiger partial charge in [0, 0.05) is 5.56 Å². The Balaban J connectivity index is 2.09. The molecule has 2 aromatic rings. The summed E-state index contributed by atoms with van der Waals surface area (Å²) >= 11 is 0. The van der Waals surface area contributed by atoms with Gasteiger partial charge in [-0.05, 0) is 56.6 Å². The lowest BCUT2D eigenvalue weighted by atomic mass is 9.98. The van der Waals surface area contributed by atoms with E-state index in [0.29, 0.717) is 17.9 Å². The highest BCUT2D eigenvalue weighted by molar-refractivity contribution is 5.86. The third-order valence-electron chi connectivity index (χ3n) is 4.62. The van der Waals surface area contributed by atoms with Gasteiger partial charge in [0.2, 0.25) is 0 Å². The predicted octanol–water partition coefficient (Wildman–Crippen LogP) is 4.98. The molecule has 0 amide bonds. The molecule has 0 aliphatic heterocycles. The van der Waals surface area contributed by atoms with Crippen molar-refractivity contribution in [3.63, 3.8) is 0 Å². The van der Waals surface area contributed by atoms with Crippen molar-refractivity contribution < 1.29 is 9.53 Å². The molecule has 0 aliphatic carbocycles. The average molecular weight is 339 g/mol. The number of hydrogen-bond donors (Lipinski definition) is 0. The van der Waals surface area contributed by atoms with Crippen LogP contribution in [0.5, 0.6) is 5.75 Å². The van der Waals surface area contributed by atoms with Crippen LogP contribution in [0.15, 0.2) is 42.5 Å². The second kappa shape index (κ2) is 10.00. The summed E-state index contributed by atoms with van der Waals surface area (Å²) in [6, 6.07) is 14.0. The molecule has 0 radical (unpaired) electrons. The Kier molecular flexibility index (Phi) is 7.68. The van der Waals surface area contributed by atoms with Gasteiger partial charge in [-0.25, -0.2) is 0 Å². The second-order valence-corrected chi connectivity index (χ2v) is 6.24. The van der Waals surface area contributed by atoms with Crippen molar-refractivity contribution >= 4 is 6.29 Å². The van der Waals surface area contributed by atoms with Gasteiger partial charge in [0.05, 0.1) is 12.2 Å². The molecule has 0 aromatic heterocycles. The van der Waals surface area contributed by atoms with Crippen LogP contribution in [0.1, 0.15) is 42.6 Å². The molecule has 0 fully saturated rings. The van der Waals surface area contributed by atoms with E-state index in [2.05, 4.69) is 37.8 Å². The molecule has 134 valence electrons. The topological polar surface area (TPSA) is 29.5 Å². The van der Waals surface area contributed by atoms with Gasteiger partial charge in [0.1, 0.15) is 5.75 Å². The lowest BCUT2D eigenvalue weighted by Crippen LogP contribution is -2.24. The number of rotatable bonds is 10. The van der Waals surface area contributed by atoms with Crippen LogP contribution >= 0.6 is 0 Å². The Morgan fingerprint density at radius 3 is 2.36 bits per heavy atom. The number of aldehydes is 1. The zero-order valence-corrected chi connectivity index (χ0v) is 15.6. The molecule has 25 heavy (non-hydrogen) atoms. The van der Waals surface area contributed by atoms with Gasteiger partial charge < -0.3 is 9.64 Å². The first-order chi connectivity index (χ1) is 12.2. The highest BCUT2D eigenvalue weighted by Crippen LogP contribution is 2.34. The van der Waals surface area contributed by atoms with Crippen LogP contribution in [0, 0.1) is 6.92 Å². The number of carbonyl (C=O) groups is 1. The van der Waals surface area contributed by atoms with Crippen LogP contribution in [0.2, 0.25) is 0 Å². The van der Waals surface area contributed by atoms with Gasteiger partial charge in [-0.3, -0.25) is 4.79 Å². The third kappa shape index (κ3) is 5.17. The molecular formula is C22H29NO2. The lowest BCUT2D eigenvalue weighted by molar-refractivity contribution is 0.111. The zero-order chi connectivity index (χ0) is 18.1. The molecule has 3 nitrogen and oxygen atoms in total. The maximum Gasteiger partial charge on any atom is 0.153 e. The molecule has 0 saturated heterocycles. The minimum absolute atomic E-state index is 0.615. The lowest BCUT2D eigenvalue weighted by Gasteiger charge is -2.18. The zero-order valence-electron chi connectivity index (χ0n) is 15.6. The summed E-state index contributed by atoms with van der Waals surface area (Å²) in [7, 11) is 0. The van der Waals surface area contributed by atoms with Gasteiger partial charge in [-0.15, -0.1) is 0 Å². The number of para-hydroxylation sites is 1. The monoisotopic (exact) mass is 339 g/mol. The van der Waals surface area contributed by atoms with Crippen LogP contribution < -0.4 is 4.74 Å². The van der Waals surface area contributed by atoms with Crippen LogP contribution in [0.25, 0.3) is 11.1 Å². The van der Waals surface area contributed by atoms with Crippen molar-refractivity contribution in [2.45, 2.75) is 33.6 Å². The summed E-state index contributed by atoms with van der Waals surface area (Å²) in [6.07, 6.45) is 2.97. The number of benzene rings is 2. The van der Waals surface area contributed by atoms with Crippen molar-refractivity contribution in [2.24, 2.45) is 0 Å². The van der Waals surface area contributed by atoms with Crippen LogP contribution in [0.4, 0.5) is 0 Å². The highest BCUT2D eigenvalue weighted by Gasteiger charge is 2.13. The van der Waals surface area contributed by atoms with Crippen molar-refractivity contribution in [3.8, 4) is 16.9 Å². The van der Waals surface area contributed by atoms with Crippen molar-refractivity contribution in [2.75, 3.05) is 26.2 Å². The van der Waals surface area contributed by atoms with Crippen LogP contribution in [-0.2, 0) is 0 Å². The highest BCUT2D eigenvalue weighted by atomic mass is 16.5. The summed E-state index contributed by atoms with van der Waals surface area (Å²) in [5.74, 6) is 0.703. The van der Waals surface area contributed by atoms with Crippen LogP contribution in [0.3, 0.4) is 0 Å². The van der Waals surface area contributed by atoms with E-state index in [-0.39, 0.29) is 0 Å².